The summed E-state index contributed by atoms with van der Waals surface area (Å²) in [6, 6.07) is 0. The number of fused-ring (bicyclic) bond motifs is 2. The van der Waals surface area contributed by atoms with Crippen LogP contribution in [0.5, 0.6) is 0 Å². The minimum atomic E-state index is -1.58. The smallest absolute Gasteiger partial charge is 0.309 e. The Morgan fingerprint density at radius 1 is 1.18 bits per heavy atom. The summed E-state index contributed by atoms with van der Waals surface area (Å²) < 4.78 is 11.0. The van der Waals surface area contributed by atoms with Crippen LogP contribution in [0.2, 0.25) is 0 Å². The van der Waals surface area contributed by atoms with Crippen LogP contribution in [-0.2, 0) is 19.1 Å². The molecule has 28 heavy (non-hydrogen) atoms. The molecular formula is C21H30O7. The number of carbonyl (C=O) groups excluding carboxylic acids is 2. The molecule has 1 aliphatic heterocycles. The van der Waals surface area contributed by atoms with Gasteiger partial charge < -0.3 is 24.8 Å². The van der Waals surface area contributed by atoms with E-state index in [0.717, 1.165) is 0 Å². The molecule has 1 saturated heterocycles. The first kappa shape index (κ1) is 19.9. The molecule has 0 spiro atoms. The van der Waals surface area contributed by atoms with E-state index in [1.165, 1.54) is 7.11 Å². The lowest BCUT2D eigenvalue weighted by molar-refractivity contribution is -0.329. The molecular weight excluding hydrogens is 364 g/mol. The van der Waals surface area contributed by atoms with Crippen molar-refractivity contribution in [3.05, 3.63) is 11.8 Å². The maximum atomic E-state index is 13.5. The monoisotopic (exact) mass is 394 g/mol. The molecule has 0 aromatic carbocycles. The molecule has 4 aliphatic rings. The molecule has 1 heterocycles. The van der Waals surface area contributed by atoms with E-state index in [4.69, 9.17) is 9.47 Å². The highest BCUT2D eigenvalue weighted by molar-refractivity contribution is 5.99. The Morgan fingerprint density at radius 2 is 1.82 bits per heavy atom. The lowest BCUT2D eigenvalue weighted by atomic mass is 9.37. The molecule has 7 heteroatoms. The Bertz CT molecular complexity index is 762. The van der Waals surface area contributed by atoms with E-state index < -0.39 is 52.5 Å². The molecule has 2 saturated carbocycles. The lowest BCUT2D eigenvalue weighted by Gasteiger charge is -2.70. The van der Waals surface area contributed by atoms with Crippen molar-refractivity contribution in [2.24, 2.45) is 34.5 Å². The summed E-state index contributed by atoms with van der Waals surface area (Å²) in [5.74, 6) is -2.31. The fourth-order valence-corrected chi connectivity index (χ4v) is 7.17. The third-order valence-electron chi connectivity index (χ3n) is 8.76. The lowest BCUT2D eigenvalue weighted by Crippen LogP contribution is -2.79. The van der Waals surface area contributed by atoms with Crippen molar-refractivity contribution < 1.29 is 34.4 Å². The Kier molecular flexibility index (Phi) is 4.11. The number of allylic oxidation sites excluding steroid dienone is 2. The Labute approximate surface area is 164 Å². The molecule has 3 fully saturated rings. The highest BCUT2D eigenvalue weighted by atomic mass is 16.6. The minimum absolute atomic E-state index is 0.0559. The van der Waals surface area contributed by atoms with E-state index in [1.807, 2.05) is 6.92 Å². The SMILES string of the molecule is COC1=C[C@@H](C)[C@@H]2C[C@H]3OC(=O)C[C@@]4(O)[C@@H](C)[C@H](O)[C@@H](O)[C@H]([C@@]2(C)C1=O)[C@@]34C. The zero-order valence-corrected chi connectivity index (χ0v) is 17.0. The largest absolute Gasteiger partial charge is 0.493 e. The van der Waals surface area contributed by atoms with Crippen molar-refractivity contribution in [2.75, 3.05) is 7.11 Å². The zero-order chi connectivity index (χ0) is 20.8. The van der Waals surface area contributed by atoms with Gasteiger partial charge in [-0.25, -0.2) is 0 Å². The summed E-state index contributed by atoms with van der Waals surface area (Å²) in [7, 11) is 1.44. The Morgan fingerprint density at radius 3 is 2.43 bits per heavy atom. The zero-order valence-electron chi connectivity index (χ0n) is 17.0. The second-order valence-corrected chi connectivity index (χ2v) is 9.66. The number of methoxy groups -OCH3 is 1. The van der Waals surface area contributed by atoms with Crippen molar-refractivity contribution >= 4 is 11.8 Å². The molecule has 3 aliphatic carbocycles. The van der Waals surface area contributed by atoms with Crippen molar-refractivity contribution in [1.29, 1.82) is 0 Å². The predicted molar refractivity (Wildman–Crippen MR) is 97.7 cm³/mol. The van der Waals surface area contributed by atoms with Crippen LogP contribution in [0.25, 0.3) is 0 Å². The number of hydrogen-bond donors (Lipinski definition) is 3. The summed E-state index contributed by atoms with van der Waals surface area (Å²) >= 11 is 0. The van der Waals surface area contributed by atoms with Gasteiger partial charge in [0, 0.05) is 22.7 Å². The first-order valence-corrected chi connectivity index (χ1v) is 10.0. The van der Waals surface area contributed by atoms with Crippen LogP contribution in [0.4, 0.5) is 0 Å². The number of aliphatic hydroxyl groups excluding tert-OH is 2. The molecule has 3 N–H and O–H groups in total. The summed E-state index contributed by atoms with van der Waals surface area (Å²) in [5, 5.41) is 33.8. The topological polar surface area (TPSA) is 113 Å². The summed E-state index contributed by atoms with van der Waals surface area (Å²) in [6.45, 7) is 7.22. The second kappa shape index (κ2) is 5.80. The average Bonchev–Trinajstić information content (AvgIpc) is 2.63. The van der Waals surface area contributed by atoms with E-state index in [2.05, 4.69) is 0 Å². The van der Waals surface area contributed by atoms with Crippen LogP contribution >= 0.6 is 0 Å². The van der Waals surface area contributed by atoms with Crippen LogP contribution in [0.3, 0.4) is 0 Å². The first-order valence-electron chi connectivity index (χ1n) is 10.0. The Hall–Kier alpha value is -1.44. The van der Waals surface area contributed by atoms with Crippen LogP contribution in [0, 0.1) is 34.5 Å². The Balaban J connectivity index is 1.97. The van der Waals surface area contributed by atoms with Crippen LogP contribution < -0.4 is 0 Å². The molecule has 0 bridgehead atoms. The number of ether oxygens (including phenoxy) is 2. The first-order chi connectivity index (χ1) is 12.9. The van der Waals surface area contributed by atoms with Gasteiger partial charge in [0.25, 0.3) is 0 Å². The summed E-state index contributed by atoms with van der Waals surface area (Å²) in [6.07, 6.45) is -1.21. The normalized spacial score (nSPS) is 55.6. The van der Waals surface area contributed by atoms with Gasteiger partial charge in [-0.2, -0.15) is 0 Å². The van der Waals surface area contributed by atoms with Crippen molar-refractivity contribution in [3.63, 3.8) is 0 Å². The van der Waals surface area contributed by atoms with Gasteiger partial charge in [-0.1, -0.05) is 27.7 Å². The molecule has 0 amide bonds. The fraction of sp³-hybridized carbons (Fsp3) is 0.810. The van der Waals surface area contributed by atoms with E-state index in [-0.39, 0.29) is 29.8 Å². The molecule has 0 aromatic heterocycles. The molecule has 0 aromatic rings. The van der Waals surface area contributed by atoms with Crippen molar-refractivity contribution in [3.8, 4) is 0 Å². The van der Waals surface area contributed by atoms with Gasteiger partial charge in [0.1, 0.15) is 6.10 Å². The van der Waals surface area contributed by atoms with Gasteiger partial charge in [0.05, 0.1) is 31.3 Å². The van der Waals surface area contributed by atoms with Gasteiger partial charge in [-0.15, -0.1) is 0 Å². The standard InChI is InChI=1S/C21H30O7/c1-9-6-12(27-5)18(25)19(3)11(9)7-13-20(4)17(19)16(24)15(23)10(2)21(20,26)8-14(22)28-13/h6,9-11,13,15-17,23-24,26H,7-8H2,1-5H3/t9-,10+,11+,13-,15+,16-,17-,19+,20-,21-/m1/s1. The predicted octanol–water partition coefficient (Wildman–Crippen LogP) is 0.802. The number of esters is 1. The number of ketones is 1. The average molecular weight is 394 g/mol. The number of Topliss-reactive ketones (excluding diaryl/α,β-unsaturated/α-hetero) is 1. The highest BCUT2D eigenvalue weighted by Crippen LogP contribution is 2.69. The third-order valence-corrected chi connectivity index (χ3v) is 8.76. The van der Waals surface area contributed by atoms with Gasteiger partial charge in [-0.05, 0) is 24.3 Å². The van der Waals surface area contributed by atoms with Crippen molar-refractivity contribution in [2.45, 2.75) is 64.4 Å². The van der Waals surface area contributed by atoms with Crippen molar-refractivity contribution in [1.82, 2.24) is 0 Å². The third kappa shape index (κ3) is 2.00. The molecule has 7 nitrogen and oxygen atoms in total. The van der Waals surface area contributed by atoms with Gasteiger partial charge in [-0.3, -0.25) is 9.59 Å². The van der Waals surface area contributed by atoms with E-state index in [1.54, 1.807) is 26.8 Å². The quantitative estimate of drug-likeness (QED) is 0.564. The van der Waals surface area contributed by atoms with E-state index in [0.29, 0.717) is 6.42 Å². The van der Waals surface area contributed by atoms with Crippen LogP contribution in [-0.4, -0.2) is 58.1 Å². The van der Waals surface area contributed by atoms with Gasteiger partial charge in [0.2, 0.25) is 5.78 Å². The molecule has 0 unspecified atom stereocenters. The number of carbonyl (C=O) groups is 2. The summed E-state index contributed by atoms with van der Waals surface area (Å²) in [5.41, 5.74) is -3.72. The second-order valence-electron chi connectivity index (χ2n) is 9.66. The molecule has 10 atom stereocenters. The maximum absolute atomic E-state index is 13.5. The fourth-order valence-electron chi connectivity index (χ4n) is 7.17. The molecule has 4 rings (SSSR count). The number of rotatable bonds is 1. The maximum Gasteiger partial charge on any atom is 0.309 e. The highest BCUT2D eigenvalue weighted by Gasteiger charge is 2.77. The molecule has 0 radical (unpaired) electrons. The number of hydrogen-bond acceptors (Lipinski definition) is 7. The van der Waals surface area contributed by atoms with E-state index in [9.17, 15) is 24.9 Å². The van der Waals surface area contributed by atoms with Crippen LogP contribution in [0.15, 0.2) is 11.8 Å². The van der Waals surface area contributed by atoms with Gasteiger partial charge in [0.15, 0.2) is 5.76 Å². The summed E-state index contributed by atoms with van der Waals surface area (Å²) in [4.78, 5) is 25.9. The number of aliphatic hydroxyl groups is 3. The van der Waals surface area contributed by atoms with Crippen LogP contribution in [0.1, 0.15) is 40.5 Å². The van der Waals surface area contributed by atoms with Gasteiger partial charge >= 0.3 is 5.97 Å². The minimum Gasteiger partial charge on any atom is -0.493 e. The molecule has 156 valence electrons. The van der Waals surface area contributed by atoms with E-state index >= 15 is 0 Å².